The first-order chi connectivity index (χ1) is 9.13. The van der Waals surface area contributed by atoms with Gasteiger partial charge >= 0.3 is 8.25 Å². The Morgan fingerprint density at radius 3 is 2.20 bits per heavy atom. The van der Waals surface area contributed by atoms with Crippen molar-refractivity contribution < 1.29 is 54.5 Å². The topological polar surface area (TPSA) is 35.5 Å². The molecule has 0 N–H and O–H groups in total. The number of rotatable bonds is 13. The Kier molecular flexibility index (Phi) is 19.8. The molecule has 0 aromatic heterocycles. The molecule has 0 radical (unpaired) electrons. The van der Waals surface area contributed by atoms with Gasteiger partial charge in [0.2, 0.25) is 0 Å². The van der Waals surface area contributed by atoms with Crippen LogP contribution in [0.5, 0.6) is 0 Å². The smallest absolute Gasteiger partial charge is 0.119 e. The Bertz CT molecular complexity index is 227. The molecule has 0 saturated heterocycles. The molecule has 118 valence electrons. The maximum atomic E-state index is 11.7. The van der Waals surface area contributed by atoms with Crippen LogP contribution in [0.15, 0.2) is 0 Å². The second kappa shape index (κ2) is 16.7. The summed E-state index contributed by atoms with van der Waals surface area (Å²) in [6.45, 7) is 9.06. The standard InChI is InChI=1S/C15H32O3P.Nd/c1-5-8-10-11-14(4)18-19(16)17-13-15(7-3)12-9-6-2;/h14-15H,5-13H2,1-4H3;/q+1;. The molecule has 0 spiro atoms. The van der Waals surface area contributed by atoms with Gasteiger partial charge in [-0.2, -0.15) is 0 Å². The molecular weight excluding hydrogens is 403 g/mol. The Balaban J connectivity index is 0. The van der Waals surface area contributed by atoms with E-state index in [2.05, 4.69) is 20.8 Å². The fraction of sp³-hybridized carbons (Fsp3) is 1.00. The fourth-order valence-electron chi connectivity index (χ4n) is 1.98. The van der Waals surface area contributed by atoms with Crippen molar-refractivity contribution in [1.29, 1.82) is 0 Å². The van der Waals surface area contributed by atoms with E-state index in [4.69, 9.17) is 9.05 Å². The number of unbranched alkanes of at least 4 members (excludes halogenated alkanes) is 3. The van der Waals surface area contributed by atoms with Crippen LogP contribution < -0.4 is 0 Å². The normalized spacial score (nSPS) is 14.5. The maximum Gasteiger partial charge on any atom is 0.697 e. The summed E-state index contributed by atoms with van der Waals surface area (Å²) in [6.07, 6.45) is 9.19. The van der Waals surface area contributed by atoms with Crippen LogP contribution in [0.4, 0.5) is 0 Å². The second-order valence-corrected chi connectivity index (χ2v) is 6.26. The molecule has 0 aliphatic heterocycles. The van der Waals surface area contributed by atoms with Crippen molar-refractivity contribution in [1.82, 2.24) is 0 Å². The Labute approximate surface area is 159 Å². The summed E-state index contributed by atoms with van der Waals surface area (Å²) < 4.78 is 22.4. The molecule has 0 bridgehead atoms. The van der Waals surface area contributed by atoms with Crippen molar-refractivity contribution in [2.45, 2.75) is 85.2 Å². The van der Waals surface area contributed by atoms with E-state index in [9.17, 15) is 4.57 Å². The molecule has 0 heterocycles. The third kappa shape index (κ3) is 14.3. The van der Waals surface area contributed by atoms with Crippen LogP contribution in [0.1, 0.15) is 79.1 Å². The zero-order valence-corrected chi connectivity index (χ0v) is 17.8. The Morgan fingerprint density at radius 2 is 1.65 bits per heavy atom. The van der Waals surface area contributed by atoms with Gasteiger partial charge < -0.3 is 0 Å². The van der Waals surface area contributed by atoms with Crippen molar-refractivity contribution in [2.75, 3.05) is 6.61 Å². The molecule has 0 aromatic rings. The summed E-state index contributed by atoms with van der Waals surface area (Å²) in [7, 11) is -1.94. The number of hydrogen-bond donors (Lipinski definition) is 0. The molecule has 0 amide bonds. The van der Waals surface area contributed by atoms with Crippen molar-refractivity contribution in [2.24, 2.45) is 5.92 Å². The van der Waals surface area contributed by atoms with Gasteiger partial charge in [0.25, 0.3) is 0 Å². The van der Waals surface area contributed by atoms with Crippen molar-refractivity contribution in [3.63, 3.8) is 0 Å². The molecule has 3 atom stereocenters. The van der Waals surface area contributed by atoms with Crippen LogP contribution in [0.25, 0.3) is 0 Å². The average Bonchev–Trinajstić information content (AvgIpc) is 2.39. The molecule has 0 aliphatic rings. The first kappa shape index (κ1) is 23.6. The van der Waals surface area contributed by atoms with E-state index in [0.29, 0.717) is 12.5 Å². The van der Waals surface area contributed by atoms with Crippen LogP contribution in [-0.4, -0.2) is 12.7 Å². The summed E-state index contributed by atoms with van der Waals surface area (Å²) in [4.78, 5) is 0. The monoisotopic (exact) mass is 433 g/mol. The SMILES string of the molecule is CCCCCC(C)O[P+](=O)OCC(CC)CCCC.[Nd]. The summed E-state index contributed by atoms with van der Waals surface area (Å²) in [5.41, 5.74) is 0. The third-order valence-electron chi connectivity index (χ3n) is 3.44. The van der Waals surface area contributed by atoms with Gasteiger partial charge in [0, 0.05) is 45.4 Å². The van der Waals surface area contributed by atoms with Crippen LogP contribution in [0.3, 0.4) is 0 Å². The average molecular weight is 436 g/mol. The third-order valence-corrected chi connectivity index (χ3v) is 4.33. The molecule has 3 nitrogen and oxygen atoms in total. The Morgan fingerprint density at radius 1 is 1.00 bits per heavy atom. The minimum absolute atomic E-state index is 0. The van der Waals surface area contributed by atoms with Crippen LogP contribution >= 0.6 is 8.25 Å². The minimum atomic E-state index is -1.94. The molecule has 0 aromatic carbocycles. The van der Waals surface area contributed by atoms with E-state index < -0.39 is 8.25 Å². The molecule has 0 aliphatic carbocycles. The van der Waals surface area contributed by atoms with Crippen LogP contribution in [0.2, 0.25) is 0 Å². The van der Waals surface area contributed by atoms with Gasteiger partial charge in [0.15, 0.2) is 0 Å². The van der Waals surface area contributed by atoms with Gasteiger partial charge in [-0.3, -0.25) is 0 Å². The molecule has 5 heteroatoms. The van der Waals surface area contributed by atoms with Gasteiger partial charge in [-0.25, -0.2) is 0 Å². The second-order valence-electron chi connectivity index (χ2n) is 5.35. The summed E-state index contributed by atoms with van der Waals surface area (Å²) >= 11 is 0. The van der Waals surface area contributed by atoms with Crippen molar-refractivity contribution in [3.8, 4) is 0 Å². The first-order valence-corrected chi connectivity index (χ1v) is 9.00. The zero-order chi connectivity index (χ0) is 14.5. The van der Waals surface area contributed by atoms with E-state index >= 15 is 0 Å². The summed E-state index contributed by atoms with van der Waals surface area (Å²) in [5.74, 6) is 0.512. The zero-order valence-electron chi connectivity index (χ0n) is 13.7. The molecule has 20 heavy (non-hydrogen) atoms. The van der Waals surface area contributed by atoms with Crippen molar-refractivity contribution >= 4 is 8.25 Å². The maximum absolute atomic E-state index is 11.7. The van der Waals surface area contributed by atoms with E-state index in [1.807, 2.05) is 6.92 Å². The molecule has 0 fully saturated rings. The molecule has 0 saturated carbocycles. The quantitative estimate of drug-likeness (QED) is 0.268. The summed E-state index contributed by atoms with van der Waals surface area (Å²) in [6, 6.07) is 0. The van der Waals surface area contributed by atoms with E-state index in [1.54, 1.807) is 0 Å². The minimum Gasteiger partial charge on any atom is -0.119 e. The van der Waals surface area contributed by atoms with Gasteiger partial charge in [-0.15, -0.1) is 9.05 Å². The predicted octanol–water partition coefficient (Wildman–Crippen LogP) is 5.86. The van der Waals surface area contributed by atoms with E-state index in [-0.39, 0.29) is 46.9 Å². The predicted molar refractivity (Wildman–Crippen MR) is 81.6 cm³/mol. The summed E-state index contributed by atoms with van der Waals surface area (Å²) in [5, 5.41) is 0. The molecule has 0 rings (SSSR count). The van der Waals surface area contributed by atoms with Crippen LogP contribution in [-0.2, 0) is 13.6 Å². The fourth-order valence-corrected chi connectivity index (χ4v) is 2.77. The largest absolute Gasteiger partial charge is 0.697 e. The van der Waals surface area contributed by atoms with Gasteiger partial charge in [0.05, 0.1) is 0 Å². The van der Waals surface area contributed by atoms with Gasteiger partial charge in [-0.1, -0.05) is 59.3 Å². The first-order valence-electron chi connectivity index (χ1n) is 7.90. The van der Waals surface area contributed by atoms with Crippen LogP contribution in [0, 0.1) is 46.8 Å². The Hall–Kier alpha value is 1.37. The van der Waals surface area contributed by atoms with Crippen molar-refractivity contribution in [3.05, 3.63) is 0 Å². The molecular formula is C15H32NdO3P+. The van der Waals surface area contributed by atoms with E-state index in [0.717, 1.165) is 25.7 Å². The van der Waals surface area contributed by atoms with Gasteiger partial charge in [0.1, 0.15) is 12.7 Å². The van der Waals surface area contributed by atoms with E-state index in [1.165, 1.54) is 25.7 Å². The number of hydrogen-bond acceptors (Lipinski definition) is 3. The molecule has 3 unspecified atom stereocenters. The van der Waals surface area contributed by atoms with Gasteiger partial charge in [-0.05, 0) is 25.7 Å².